The molecule has 0 aliphatic carbocycles. The fourth-order valence-corrected chi connectivity index (χ4v) is 5.55. The van der Waals surface area contributed by atoms with Crippen molar-refractivity contribution in [3.8, 4) is 0 Å². The zero-order valence-corrected chi connectivity index (χ0v) is 22.6. The van der Waals surface area contributed by atoms with Gasteiger partial charge in [0.1, 0.15) is 0 Å². The number of hydrogen-bond acceptors (Lipinski definition) is 5. The average Bonchev–Trinajstić information content (AvgIpc) is 2.93. The summed E-state index contributed by atoms with van der Waals surface area (Å²) in [5, 5.41) is 2.86. The molecule has 2 N–H and O–H groups in total. The molecule has 1 aliphatic heterocycles. The van der Waals surface area contributed by atoms with Crippen LogP contribution in [-0.4, -0.2) is 63.3 Å². The number of anilines is 1. The highest BCUT2D eigenvalue weighted by Gasteiger charge is 2.21. The first-order valence-electron chi connectivity index (χ1n) is 12.8. The molecule has 0 saturated carbocycles. The van der Waals surface area contributed by atoms with Crippen molar-refractivity contribution in [3.63, 3.8) is 0 Å². The van der Waals surface area contributed by atoms with Crippen molar-refractivity contribution >= 4 is 27.5 Å². The zero-order chi connectivity index (χ0) is 27.1. The lowest BCUT2D eigenvalue weighted by Crippen LogP contribution is -2.47. The number of aryl methyl sites for hydroxylation is 1. The van der Waals surface area contributed by atoms with Gasteiger partial charge in [0, 0.05) is 49.9 Å². The minimum atomic E-state index is -3.67. The maximum absolute atomic E-state index is 12.8. The molecule has 3 aromatic carbocycles. The summed E-state index contributed by atoms with van der Waals surface area (Å²) in [5.41, 5.74) is 2.98. The molecule has 3 aromatic rings. The summed E-state index contributed by atoms with van der Waals surface area (Å²) in [6.07, 6.45) is 0.720. The normalized spacial score (nSPS) is 15.2. The molecule has 1 fully saturated rings. The molecule has 0 bridgehead atoms. The largest absolute Gasteiger partial charge is 0.336 e. The van der Waals surface area contributed by atoms with Crippen LogP contribution in [0.25, 0.3) is 0 Å². The molecule has 2 amide bonds. The van der Waals surface area contributed by atoms with Gasteiger partial charge in [0.05, 0.1) is 4.90 Å². The molecule has 0 aromatic heterocycles. The van der Waals surface area contributed by atoms with Crippen LogP contribution in [0.1, 0.15) is 40.9 Å². The van der Waals surface area contributed by atoms with E-state index in [0.717, 1.165) is 24.2 Å². The SMILES string of the molecule is C[C@H](NS(=O)(=O)c1ccc(CCC(=O)Nc2ccc(C(=O)N3CCN(C)CC3)cc2)cc1)c1ccccc1. The highest BCUT2D eigenvalue weighted by molar-refractivity contribution is 7.89. The maximum atomic E-state index is 12.8. The summed E-state index contributed by atoms with van der Waals surface area (Å²) >= 11 is 0. The van der Waals surface area contributed by atoms with Gasteiger partial charge in [-0.2, -0.15) is 0 Å². The van der Waals surface area contributed by atoms with E-state index >= 15 is 0 Å². The van der Waals surface area contributed by atoms with Crippen LogP contribution in [0, 0.1) is 0 Å². The molecule has 1 aliphatic rings. The Morgan fingerprint density at radius 1 is 0.868 bits per heavy atom. The first-order chi connectivity index (χ1) is 18.2. The van der Waals surface area contributed by atoms with Crippen LogP contribution in [0.4, 0.5) is 5.69 Å². The second-order valence-corrected chi connectivity index (χ2v) is 11.3. The van der Waals surface area contributed by atoms with Gasteiger partial charge in [-0.25, -0.2) is 13.1 Å². The molecular weight excluding hydrogens is 500 g/mol. The Hall–Kier alpha value is -3.53. The summed E-state index contributed by atoms with van der Waals surface area (Å²) in [6, 6.07) is 22.6. The van der Waals surface area contributed by atoms with E-state index in [2.05, 4.69) is 14.9 Å². The van der Waals surface area contributed by atoms with E-state index in [0.29, 0.717) is 30.8 Å². The lowest BCUT2D eigenvalue weighted by Gasteiger charge is -2.32. The highest BCUT2D eigenvalue weighted by atomic mass is 32.2. The number of nitrogens with zero attached hydrogens (tertiary/aromatic N) is 2. The zero-order valence-electron chi connectivity index (χ0n) is 21.8. The fraction of sp³-hybridized carbons (Fsp3) is 0.310. The molecule has 1 atom stereocenters. The minimum Gasteiger partial charge on any atom is -0.336 e. The number of carbonyl (C=O) groups excluding carboxylic acids is 2. The van der Waals surface area contributed by atoms with Gasteiger partial charge in [0.2, 0.25) is 15.9 Å². The lowest BCUT2D eigenvalue weighted by molar-refractivity contribution is -0.116. The molecule has 8 nitrogen and oxygen atoms in total. The first kappa shape index (κ1) is 27.5. The summed E-state index contributed by atoms with van der Waals surface area (Å²) < 4.78 is 28.2. The summed E-state index contributed by atoms with van der Waals surface area (Å²) in [7, 11) is -1.63. The summed E-state index contributed by atoms with van der Waals surface area (Å²) in [4.78, 5) is 29.4. The van der Waals surface area contributed by atoms with E-state index in [4.69, 9.17) is 0 Å². The lowest BCUT2D eigenvalue weighted by atomic mass is 10.1. The Balaban J connectivity index is 1.26. The second kappa shape index (κ2) is 12.3. The molecular formula is C29H34N4O4S. The number of sulfonamides is 1. The fourth-order valence-electron chi connectivity index (χ4n) is 4.32. The van der Waals surface area contributed by atoms with Gasteiger partial charge in [-0.05, 0) is 67.9 Å². The van der Waals surface area contributed by atoms with Gasteiger partial charge in [0.15, 0.2) is 0 Å². The number of nitrogens with one attached hydrogen (secondary N) is 2. The third kappa shape index (κ3) is 7.28. The number of amides is 2. The van der Waals surface area contributed by atoms with Gasteiger partial charge < -0.3 is 15.1 Å². The Kier molecular flexibility index (Phi) is 8.93. The molecule has 1 saturated heterocycles. The average molecular weight is 535 g/mol. The van der Waals surface area contributed by atoms with Crippen molar-refractivity contribution in [3.05, 3.63) is 95.6 Å². The van der Waals surface area contributed by atoms with Crippen molar-refractivity contribution in [1.82, 2.24) is 14.5 Å². The third-order valence-corrected chi connectivity index (χ3v) is 8.27. The van der Waals surface area contributed by atoms with E-state index in [9.17, 15) is 18.0 Å². The van der Waals surface area contributed by atoms with Gasteiger partial charge in [-0.3, -0.25) is 9.59 Å². The van der Waals surface area contributed by atoms with Crippen LogP contribution in [-0.2, 0) is 21.2 Å². The van der Waals surface area contributed by atoms with Crippen LogP contribution in [0.2, 0.25) is 0 Å². The molecule has 0 spiro atoms. The first-order valence-corrected chi connectivity index (χ1v) is 14.2. The Morgan fingerprint density at radius 3 is 2.13 bits per heavy atom. The Morgan fingerprint density at radius 2 is 1.50 bits per heavy atom. The Labute approximate surface area is 224 Å². The number of rotatable bonds is 9. The van der Waals surface area contributed by atoms with Crippen molar-refractivity contribution in [2.75, 3.05) is 38.5 Å². The van der Waals surface area contributed by atoms with E-state index in [1.165, 1.54) is 0 Å². The number of likely N-dealkylation sites (N-methyl/N-ethyl adjacent to an activating group) is 1. The standard InChI is InChI=1S/C29H34N4O4S/c1-22(24-6-4-3-5-7-24)31-38(36,37)27-15-8-23(9-16-27)10-17-28(34)30-26-13-11-25(12-14-26)29(35)33-20-18-32(2)19-21-33/h3-9,11-16,22,31H,10,17-21H2,1-2H3,(H,30,34)/t22-/m0/s1. The van der Waals surface area contributed by atoms with Gasteiger partial charge in [0.25, 0.3) is 5.91 Å². The minimum absolute atomic E-state index is 0.00570. The van der Waals surface area contributed by atoms with Gasteiger partial charge >= 0.3 is 0 Å². The van der Waals surface area contributed by atoms with Crippen molar-refractivity contribution in [2.24, 2.45) is 0 Å². The van der Waals surface area contributed by atoms with Crippen molar-refractivity contribution in [1.29, 1.82) is 0 Å². The van der Waals surface area contributed by atoms with E-state index in [1.54, 1.807) is 55.5 Å². The molecule has 200 valence electrons. The smallest absolute Gasteiger partial charge is 0.253 e. The second-order valence-electron chi connectivity index (χ2n) is 9.62. The third-order valence-electron chi connectivity index (χ3n) is 6.71. The monoisotopic (exact) mass is 534 g/mol. The number of piperazine rings is 1. The highest BCUT2D eigenvalue weighted by Crippen LogP contribution is 2.18. The Bertz CT molecular complexity index is 1340. The molecule has 4 rings (SSSR count). The molecule has 9 heteroatoms. The van der Waals surface area contributed by atoms with Crippen LogP contribution in [0.5, 0.6) is 0 Å². The van der Waals surface area contributed by atoms with Crippen LogP contribution >= 0.6 is 0 Å². The van der Waals surface area contributed by atoms with Crippen LogP contribution < -0.4 is 10.0 Å². The molecule has 0 radical (unpaired) electrons. The van der Waals surface area contributed by atoms with Crippen molar-refractivity contribution < 1.29 is 18.0 Å². The summed E-state index contributed by atoms with van der Waals surface area (Å²) in [6.45, 7) is 4.96. The topological polar surface area (TPSA) is 98.8 Å². The number of hydrogen-bond donors (Lipinski definition) is 2. The van der Waals surface area contributed by atoms with Crippen molar-refractivity contribution in [2.45, 2.75) is 30.7 Å². The van der Waals surface area contributed by atoms with E-state index in [-0.39, 0.29) is 29.2 Å². The molecule has 1 heterocycles. The van der Waals surface area contributed by atoms with Gasteiger partial charge in [-0.1, -0.05) is 42.5 Å². The quantitative estimate of drug-likeness (QED) is 0.436. The maximum Gasteiger partial charge on any atom is 0.253 e. The number of benzene rings is 3. The van der Waals surface area contributed by atoms with E-state index < -0.39 is 10.0 Å². The predicted octanol–water partition coefficient (Wildman–Crippen LogP) is 3.69. The molecule has 38 heavy (non-hydrogen) atoms. The van der Waals surface area contributed by atoms with Crippen LogP contribution in [0.3, 0.4) is 0 Å². The van der Waals surface area contributed by atoms with Crippen LogP contribution in [0.15, 0.2) is 83.8 Å². The summed E-state index contributed by atoms with van der Waals surface area (Å²) in [5.74, 6) is -0.149. The van der Waals surface area contributed by atoms with E-state index in [1.807, 2.05) is 42.3 Å². The van der Waals surface area contributed by atoms with Gasteiger partial charge in [-0.15, -0.1) is 0 Å². The number of carbonyl (C=O) groups is 2. The predicted molar refractivity (Wildman–Crippen MR) is 148 cm³/mol. The molecule has 0 unspecified atom stereocenters.